The zero-order valence-electron chi connectivity index (χ0n) is 26.6. The molecule has 5 aliphatic rings. The van der Waals surface area contributed by atoms with Gasteiger partial charge in [-0.05, 0) is 45.6 Å². The first-order valence-electron chi connectivity index (χ1n) is 16.0. The minimum Gasteiger partial charge on any atom is -0.459 e. The molecular formula is C33H49N3O8. The summed E-state index contributed by atoms with van der Waals surface area (Å²) in [6.07, 6.45) is 9.01. The Morgan fingerprint density at radius 3 is 2.52 bits per heavy atom. The average Bonchev–Trinajstić information content (AvgIpc) is 3.67. The van der Waals surface area contributed by atoms with Gasteiger partial charge in [0.25, 0.3) is 0 Å². The second-order valence-corrected chi connectivity index (χ2v) is 13.7. The Balaban J connectivity index is 1.08. The molecule has 5 heterocycles. The second kappa shape index (κ2) is 13.4. The topological polar surface area (TPSA) is 139 Å². The fraction of sp³-hybridized carbons (Fsp3) is 0.727. The molecule has 5 saturated heterocycles. The quantitative estimate of drug-likeness (QED) is 0.145. The highest BCUT2D eigenvalue weighted by atomic mass is 16.6. The molecule has 244 valence electrons. The number of rotatable bonds is 10. The molecule has 9 atom stereocenters. The lowest BCUT2D eigenvalue weighted by Gasteiger charge is -2.56. The molecular weight excluding hydrogens is 566 g/mol. The Kier molecular flexibility index (Phi) is 10.0. The summed E-state index contributed by atoms with van der Waals surface area (Å²) >= 11 is 0. The van der Waals surface area contributed by atoms with E-state index in [4.69, 9.17) is 18.9 Å². The summed E-state index contributed by atoms with van der Waals surface area (Å²) in [5.41, 5.74) is 0.694. The molecule has 5 aliphatic heterocycles. The van der Waals surface area contributed by atoms with Crippen molar-refractivity contribution in [3.05, 3.63) is 36.0 Å². The van der Waals surface area contributed by atoms with Crippen LogP contribution in [-0.2, 0) is 33.3 Å². The van der Waals surface area contributed by atoms with Crippen molar-refractivity contribution in [2.45, 2.75) is 109 Å². The average molecular weight is 616 g/mol. The van der Waals surface area contributed by atoms with E-state index in [-0.39, 0.29) is 47.5 Å². The monoisotopic (exact) mass is 615 g/mol. The van der Waals surface area contributed by atoms with Crippen molar-refractivity contribution < 1.29 is 38.4 Å². The van der Waals surface area contributed by atoms with Crippen LogP contribution in [0.2, 0.25) is 0 Å². The molecule has 2 spiro atoms. The van der Waals surface area contributed by atoms with Gasteiger partial charge in [0.05, 0.1) is 37.4 Å². The van der Waals surface area contributed by atoms with Crippen LogP contribution in [-0.4, -0.2) is 109 Å². The molecule has 5 rings (SSSR count). The first-order valence-corrected chi connectivity index (χ1v) is 16.0. The molecule has 11 nitrogen and oxygen atoms in total. The van der Waals surface area contributed by atoms with Gasteiger partial charge in [-0.25, -0.2) is 0 Å². The third kappa shape index (κ3) is 7.80. The van der Waals surface area contributed by atoms with Crippen molar-refractivity contribution in [1.82, 2.24) is 15.5 Å². The number of esters is 1. The Labute approximate surface area is 260 Å². The smallest absolute Gasteiger partial charge is 0.303 e. The van der Waals surface area contributed by atoms with Gasteiger partial charge >= 0.3 is 5.97 Å². The van der Waals surface area contributed by atoms with Gasteiger partial charge in [0.15, 0.2) is 0 Å². The molecule has 0 aliphatic carbocycles. The number of nitrogens with zero attached hydrogens (tertiary/aromatic N) is 1. The maximum atomic E-state index is 12.9. The number of carbonyl (C=O) groups excluding carboxylic acids is 3. The summed E-state index contributed by atoms with van der Waals surface area (Å²) in [4.78, 5) is 38.3. The van der Waals surface area contributed by atoms with Crippen LogP contribution < -0.4 is 10.6 Å². The highest BCUT2D eigenvalue weighted by Gasteiger charge is 2.59. The zero-order chi connectivity index (χ0) is 31.6. The van der Waals surface area contributed by atoms with Gasteiger partial charge in [-0.1, -0.05) is 30.7 Å². The number of hydrogen-bond acceptors (Lipinski definition) is 9. The maximum absolute atomic E-state index is 12.9. The molecule has 0 aromatic heterocycles. The Hall–Kier alpha value is -2.57. The predicted molar refractivity (Wildman–Crippen MR) is 162 cm³/mol. The SMILES string of the molecule is CC(=O)O[C@@H](C)/C=C\C(=O)N[C@@H]1C[C@H](C)[C@H](C/C=C(C)/C=C/[C@H]2O[C@H](CC(=O)N3CC4(CNC4)C3)C[C@@]3(CO3)[C@@H]2O)O[C@@H]1C. The number of ether oxygens (including phenoxy) is 4. The van der Waals surface area contributed by atoms with Crippen LogP contribution in [0.4, 0.5) is 0 Å². The fourth-order valence-electron chi connectivity index (χ4n) is 6.85. The Morgan fingerprint density at radius 1 is 1.16 bits per heavy atom. The molecule has 2 amide bonds. The van der Waals surface area contributed by atoms with Gasteiger partial charge in [-0.3, -0.25) is 14.4 Å². The lowest BCUT2D eigenvalue weighted by molar-refractivity contribution is -0.161. The third-order valence-corrected chi connectivity index (χ3v) is 9.73. The van der Waals surface area contributed by atoms with E-state index in [2.05, 4.69) is 23.6 Å². The first-order chi connectivity index (χ1) is 20.9. The van der Waals surface area contributed by atoms with Gasteiger partial charge in [0, 0.05) is 51.0 Å². The minimum absolute atomic E-state index is 0.00689. The van der Waals surface area contributed by atoms with E-state index in [1.807, 2.05) is 30.9 Å². The zero-order valence-corrected chi connectivity index (χ0v) is 26.6. The second-order valence-electron chi connectivity index (χ2n) is 13.7. The summed E-state index contributed by atoms with van der Waals surface area (Å²) in [7, 11) is 0. The van der Waals surface area contributed by atoms with Gasteiger partial charge in [0.1, 0.15) is 23.9 Å². The lowest BCUT2D eigenvalue weighted by atomic mass is 9.74. The largest absolute Gasteiger partial charge is 0.459 e. The normalized spacial score (nSPS) is 37.1. The van der Waals surface area contributed by atoms with E-state index < -0.39 is 29.9 Å². The molecule has 0 bridgehead atoms. The molecule has 0 aromatic carbocycles. The number of aliphatic hydroxyl groups is 1. The van der Waals surface area contributed by atoms with Crippen LogP contribution in [0.25, 0.3) is 0 Å². The van der Waals surface area contributed by atoms with Crippen molar-refractivity contribution in [1.29, 1.82) is 0 Å². The van der Waals surface area contributed by atoms with Gasteiger partial charge in [0.2, 0.25) is 11.8 Å². The van der Waals surface area contributed by atoms with Crippen molar-refractivity contribution in [2.24, 2.45) is 11.3 Å². The van der Waals surface area contributed by atoms with Crippen LogP contribution in [0.3, 0.4) is 0 Å². The fourth-order valence-corrected chi connectivity index (χ4v) is 6.85. The molecule has 44 heavy (non-hydrogen) atoms. The Morgan fingerprint density at radius 2 is 1.89 bits per heavy atom. The van der Waals surface area contributed by atoms with E-state index >= 15 is 0 Å². The van der Waals surface area contributed by atoms with Crippen molar-refractivity contribution in [3.63, 3.8) is 0 Å². The Bertz CT molecular complexity index is 1170. The predicted octanol–water partition coefficient (Wildman–Crippen LogP) is 1.79. The summed E-state index contributed by atoms with van der Waals surface area (Å²) in [6.45, 7) is 13.2. The summed E-state index contributed by atoms with van der Waals surface area (Å²) < 4.78 is 23.3. The molecule has 0 radical (unpaired) electrons. The lowest BCUT2D eigenvalue weighted by Crippen LogP contribution is -2.72. The maximum Gasteiger partial charge on any atom is 0.303 e. The molecule has 0 unspecified atom stereocenters. The highest BCUT2D eigenvalue weighted by molar-refractivity contribution is 5.87. The standard InChI is InChI=1S/C33H49N3O8/c1-20(6-9-27-21(2)12-26(23(4)43-27)35-29(38)11-8-22(3)42-24(5)37)7-10-28-31(40)33(19-41-33)14-25(44-28)13-30(39)36-17-32(18-36)15-34-16-32/h6-8,10-11,21-23,25-28,31,34,40H,9,12-19H2,1-5H3,(H,35,38)/b10-7+,11-8-,20-6+/t21-,22-,23+,25+,26+,27-,28+,31+,33+/m0/s1. The summed E-state index contributed by atoms with van der Waals surface area (Å²) in [5.74, 6) is -0.296. The minimum atomic E-state index is -0.777. The first kappa shape index (κ1) is 32.8. The van der Waals surface area contributed by atoms with E-state index in [0.717, 1.165) is 38.2 Å². The number of hydrogen-bond donors (Lipinski definition) is 3. The van der Waals surface area contributed by atoms with Crippen LogP contribution in [0, 0.1) is 11.3 Å². The number of likely N-dealkylation sites (tertiary alicyclic amines) is 1. The van der Waals surface area contributed by atoms with E-state index in [1.54, 1.807) is 13.0 Å². The van der Waals surface area contributed by atoms with Crippen molar-refractivity contribution in [3.8, 4) is 0 Å². The van der Waals surface area contributed by atoms with Gasteiger partial charge in [-0.15, -0.1) is 0 Å². The van der Waals surface area contributed by atoms with E-state index in [1.165, 1.54) is 13.0 Å². The number of carbonyl (C=O) groups is 3. The highest BCUT2D eigenvalue weighted by Crippen LogP contribution is 2.44. The number of epoxide rings is 1. The summed E-state index contributed by atoms with van der Waals surface area (Å²) in [6, 6.07) is -0.119. The molecule has 0 saturated carbocycles. The third-order valence-electron chi connectivity index (χ3n) is 9.73. The summed E-state index contributed by atoms with van der Waals surface area (Å²) in [5, 5.41) is 17.3. The van der Waals surface area contributed by atoms with Gasteiger partial charge < -0.3 is 39.6 Å². The van der Waals surface area contributed by atoms with Crippen LogP contribution in [0.1, 0.15) is 60.3 Å². The number of amides is 2. The number of allylic oxidation sites excluding steroid dienone is 2. The molecule has 0 aromatic rings. The van der Waals surface area contributed by atoms with Crippen LogP contribution in [0.5, 0.6) is 0 Å². The molecule has 11 heteroatoms. The van der Waals surface area contributed by atoms with Gasteiger partial charge in [-0.2, -0.15) is 0 Å². The molecule has 3 N–H and O–H groups in total. The molecule has 5 fully saturated rings. The number of nitrogens with one attached hydrogen (secondary N) is 2. The van der Waals surface area contributed by atoms with Crippen molar-refractivity contribution >= 4 is 17.8 Å². The van der Waals surface area contributed by atoms with Crippen LogP contribution in [0.15, 0.2) is 36.0 Å². The van der Waals surface area contributed by atoms with E-state index in [0.29, 0.717) is 25.9 Å². The van der Waals surface area contributed by atoms with Crippen LogP contribution >= 0.6 is 0 Å². The van der Waals surface area contributed by atoms with E-state index in [9.17, 15) is 19.5 Å². The van der Waals surface area contributed by atoms with Crippen molar-refractivity contribution in [2.75, 3.05) is 32.8 Å². The number of aliphatic hydroxyl groups excluding tert-OH is 1.